The molecule has 0 radical (unpaired) electrons. The molecular weight excluding hydrogens is 216 g/mol. The third-order valence-electron chi connectivity index (χ3n) is 1.98. The minimum atomic E-state index is 0.527. The van der Waals surface area contributed by atoms with Crippen molar-refractivity contribution in [2.75, 3.05) is 0 Å². The standard InChI is InChI=1S/C9H15BrN2/c1-7(6-8(2)10)9-11-4-5-12(9)3/h4-5,7-8H,6H2,1-3H3. The fraction of sp³-hybridized carbons (Fsp3) is 0.667. The summed E-state index contributed by atoms with van der Waals surface area (Å²) >= 11 is 3.55. The molecule has 2 atom stereocenters. The molecule has 2 nitrogen and oxygen atoms in total. The van der Waals surface area contributed by atoms with Crippen LogP contribution in [0.3, 0.4) is 0 Å². The van der Waals surface area contributed by atoms with Crippen molar-refractivity contribution in [3.8, 4) is 0 Å². The number of hydrogen-bond acceptors (Lipinski definition) is 1. The van der Waals surface area contributed by atoms with Crippen molar-refractivity contribution in [2.45, 2.75) is 31.0 Å². The molecule has 1 heterocycles. The van der Waals surface area contributed by atoms with Crippen LogP contribution in [0.5, 0.6) is 0 Å². The van der Waals surface area contributed by atoms with Crippen LogP contribution in [0.25, 0.3) is 0 Å². The zero-order valence-corrected chi connectivity index (χ0v) is 9.37. The lowest BCUT2D eigenvalue weighted by Crippen LogP contribution is -2.06. The van der Waals surface area contributed by atoms with Crippen molar-refractivity contribution in [2.24, 2.45) is 7.05 Å². The molecule has 0 bridgehead atoms. The lowest BCUT2D eigenvalue weighted by molar-refractivity contribution is 0.613. The zero-order chi connectivity index (χ0) is 9.14. The molecule has 0 N–H and O–H groups in total. The van der Waals surface area contributed by atoms with Crippen LogP contribution in [0.2, 0.25) is 0 Å². The molecular formula is C9H15BrN2. The lowest BCUT2D eigenvalue weighted by Gasteiger charge is -2.12. The first-order valence-corrected chi connectivity index (χ1v) is 5.14. The maximum Gasteiger partial charge on any atom is 0.111 e. The third kappa shape index (κ3) is 2.34. The van der Waals surface area contributed by atoms with Crippen LogP contribution in [-0.2, 0) is 7.05 Å². The zero-order valence-electron chi connectivity index (χ0n) is 7.79. The van der Waals surface area contributed by atoms with Crippen molar-refractivity contribution >= 4 is 15.9 Å². The van der Waals surface area contributed by atoms with E-state index in [2.05, 4.69) is 39.3 Å². The largest absolute Gasteiger partial charge is 0.338 e. The SMILES string of the molecule is CC(Br)CC(C)c1nccn1C. The highest BCUT2D eigenvalue weighted by Gasteiger charge is 2.11. The van der Waals surface area contributed by atoms with Crippen molar-refractivity contribution in [1.29, 1.82) is 0 Å². The van der Waals surface area contributed by atoms with Gasteiger partial charge in [-0.2, -0.15) is 0 Å². The average Bonchev–Trinajstić information content (AvgIpc) is 2.33. The molecule has 1 aromatic rings. The van der Waals surface area contributed by atoms with Gasteiger partial charge in [0.1, 0.15) is 5.82 Å². The van der Waals surface area contributed by atoms with Crippen LogP contribution in [0.4, 0.5) is 0 Å². The molecule has 68 valence electrons. The van der Waals surface area contributed by atoms with E-state index in [-0.39, 0.29) is 0 Å². The number of imidazole rings is 1. The molecule has 0 aliphatic carbocycles. The molecule has 0 aromatic carbocycles. The fourth-order valence-electron chi connectivity index (χ4n) is 1.44. The van der Waals surface area contributed by atoms with Gasteiger partial charge in [0.2, 0.25) is 0 Å². The second kappa shape index (κ2) is 4.08. The summed E-state index contributed by atoms with van der Waals surface area (Å²) in [6.45, 7) is 4.37. The Morgan fingerprint density at radius 2 is 2.25 bits per heavy atom. The number of halogens is 1. The molecule has 0 fully saturated rings. The molecule has 0 aliphatic heterocycles. The first-order chi connectivity index (χ1) is 5.61. The number of alkyl halides is 1. The summed E-state index contributed by atoms with van der Waals surface area (Å²) in [5, 5.41) is 0. The second-order valence-corrected chi connectivity index (χ2v) is 4.88. The topological polar surface area (TPSA) is 17.8 Å². The lowest BCUT2D eigenvalue weighted by atomic mass is 10.1. The van der Waals surface area contributed by atoms with Crippen LogP contribution in [0.1, 0.15) is 32.0 Å². The van der Waals surface area contributed by atoms with E-state index < -0.39 is 0 Å². The Hall–Kier alpha value is -0.310. The molecule has 12 heavy (non-hydrogen) atoms. The van der Waals surface area contributed by atoms with Gasteiger partial charge < -0.3 is 4.57 Å². The summed E-state index contributed by atoms with van der Waals surface area (Å²) in [5.41, 5.74) is 0. The average molecular weight is 231 g/mol. The van der Waals surface area contributed by atoms with Crippen molar-refractivity contribution in [3.63, 3.8) is 0 Å². The van der Waals surface area contributed by atoms with Gasteiger partial charge in [-0.15, -0.1) is 0 Å². The van der Waals surface area contributed by atoms with E-state index in [9.17, 15) is 0 Å². The predicted octanol–water partition coefficient (Wildman–Crippen LogP) is 2.70. The second-order valence-electron chi connectivity index (χ2n) is 3.31. The van der Waals surface area contributed by atoms with Gasteiger partial charge in [-0.25, -0.2) is 4.98 Å². The monoisotopic (exact) mass is 230 g/mol. The Bertz CT molecular complexity index is 242. The first kappa shape index (κ1) is 9.78. The summed E-state index contributed by atoms with van der Waals surface area (Å²) in [6.07, 6.45) is 4.97. The van der Waals surface area contributed by atoms with Crippen molar-refractivity contribution in [1.82, 2.24) is 9.55 Å². The van der Waals surface area contributed by atoms with Gasteiger partial charge in [0.05, 0.1) is 0 Å². The van der Waals surface area contributed by atoms with E-state index >= 15 is 0 Å². The van der Waals surface area contributed by atoms with Crippen molar-refractivity contribution in [3.05, 3.63) is 18.2 Å². The third-order valence-corrected chi connectivity index (χ3v) is 2.35. The van der Waals surface area contributed by atoms with Gasteiger partial charge in [0.25, 0.3) is 0 Å². The molecule has 0 aliphatic rings. The minimum absolute atomic E-state index is 0.527. The van der Waals surface area contributed by atoms with Gasteiger partial charge in [-0.05, 0) is 6.42 Å². The highest BCUT2D eigenvalue weighted by molar-refractivity contribution is 9.09. The number of aryl methyl sites for hydroxylation is 1. The van der Waals surface area contributed by atoms with Gasteiger partial charge in [-0.1, -0.05) is 29.8 Å². The van der Waals surface area contributed by atoms with E-state index in [1.165, 1.54) is 5.82 Å². The molecule has 0 saturated heterocycles. The van der Waals surface area contributed by atoms with Crippen molar-refractivity contribution < 1.29 is 0 Å². The number of aromatic nitrogens is 2. The predicted molar refractivity (Wildman–Crippen MR) is 54.6 cm³/mol. The maximum atomic E-state index is 4.31. The van der Waals surface area contributed by atoms with Crippen LogP contribution in [0, 0.1) is 0 Å². The van der Waals surface area contributed by atoms with Gasteiger partial charge in [-0.3, -0.25) is 0 Å². The normalized spacial score (nSPS) is 16.0. The Morgan fingerprint density at radius 3 is 2.67 bits per heavy atom. The van der Waals surface area contributed by atoms with Gasteiger partial charge in [0, 0.05) is 30.2 Å². The van der Waals surface area contributed by atoms with E-state index in [1.54, 1.807) is 0 Å². The summed E-state index contributed by atoms with van der Waals surface area (Å²) < 4.78 is 2.08. The van der Waals surface area contributed by atoms with Crippen LogP contribution in [0.15, 0.2) is 12.4 Å². The summed E-state index contributed by atoms with van der Waals surface area (Å²) in [6, 6.07) is 0. The van der Waals surface area contributed by atoms with E-state index in [0.717, 1.165) is 6.42 Å². The van der Waals surface area contributed by atoms with Crippen LogP contribution in [-0.4, -0.2) is 14.4 Å². The summed E-state index contributed by atoms with van der Waals surface area (Å²) in [7, 11) is 2.04. The minimum Gasteiger partial charge on any atom is -0.338 e. The number of nitrogens with zero attached hydrogens (tertiary/aromatic N) is 2. The van der Waals surface area contributed by atoms with Crippen LogP contribution < -0.4 is 0 Å². The smallest absolute Gasteiger partial charge is 0.111 e. The van der Waals surface area contributed by atoms with E-state index in [0.29, 0.717) is 10.7 Å². The Morgan fingerprint density at radius 1 is 1.58 bits per heavy atom. The van der Waals surface area contributed by atoms with E-state index in [4.69, 9.17) is 0 Å². The summed E-state index contributed by atoms with van der Waals surface area (Å²) in [5.74, 6) is 1.70. The highest BCUT2D eigenvalue weighted by atomic mass is 79.9. The maximum absolute atomic E-state index is 4.31. The van der Waals surface area contributed by atoms with E-state index in [1.807, 2.05) is 19.4 Å². The molecule has 1 aromatic heterocycles. The number of hydrogen-bond donors (Lipinski definition) is 0. The Kier molecular flexibility index (Phi) is 3.32. The molecule has 3 heteroatoms. The fourth-order valence-corrected chi connectivity index (χ4v) is 2.01. The molecule has 0 spiro atoms. The van der Waals surface area contributed by atoms with Gasteiger partial charge >= 0.3 is 0 Å². The number of rotatable bonds is 3. The Labute approximate surface area is 82.1 Å². The molecule has 1 rings (SSSR count). The first-order valence-electron chi connectivity index (χ1n) is 4.22. The highest BCUT2D eigenvalue weighted by Crippen LogP contribution is 2.21. The summed E-state index contributed by atoms with van der Waals surface area (Å²) in [4.78, 5) is 4.87. The Balaban J connectivity index is 2.65. The quantitative estimate of drug-likeness (QED) is 0.731. The van der Waals surface area contributed by atoms with Gasteiger partial charge in [0.15, 0.2) is 0 Å². The molecule has 0 amide bonds. The molecule has 0 saturated carbocycles. The molecule has 2 unspecified atom stereocenters. The van der Waals surface area contributed by atoms with Crippen LogP contribution >= 0.6 is 15.9 Å².